The Morgan fingerprint density at radius 3 is 2.67 bits per heavy atom. The van der Waals surface area contributed by atoms with E-state index < -0.39 is 0 Å². The number of halogens is 2. The normalized spacial score (nSPS) is 10.2. The number of nitrogens with zero attached hydrogens (tertiary/aromatic N) is 1. The first kappa shape index (κ1) is 13.2. The smallest absolute Gasteiger partial charge is 0.257 e. The van der Waals surface area contributed by atoms with E-state index in [1.807, 2.05) is 25.1 Å². The maximum atomic E-state index is 12.0. The van der Waals surface area contributed by atoms with E-state index in [-0.39, 0.29) is 5.91 Å². The van der Waals surface area contributed by atoms with Crippen molar-refractivity contribution >= 4 is 43.5 Å². The topological polar surface area (TPSA) is 42.0 Å². The molecule has 3 nitrogen and oxygen atoms in total. The molecule has 0 atom stereocenters. The molecule has 0 aliphatic carbocycles. The molecule has 2 aromatic rings. The van der Waals surface area contributed by atoms with Crippen LogP contribution in [-0.2, 0) is 0 Å². The molecule has 1 heterocycles. The summed E-state index contributed by atoms with van der Waals surface area (Å²) in [6.45, 7) is 1.95. The van der Waals surface area contributed by atoms with Gasteiger partial charge in [-0.2, -0.15) is 0 Å². The zero-order chi connectivity index (χ0) is 13.1. The molecule has 5 heteroatoms. The number of hydrogen-bond donors (Lipinski definition) is 1. The fourth-order valence-corrected chi connectivity index (χ4v) is 2.19. The maximum absolute atomic E-state index is 12.0. The van der Waals surface area contributed by atoms with Crippen LogP contribution < -0.4 is 5.32 Å². The van der Waals surface area contributed by atoms with E-state index in [1.165, 1.54) is 6.20 Å². The molecule has 2 rings (SSSR count). The number of carbonyl (C=O) groups is 1. The van der Waals surface area contributed by atoms with Gasteiger partial charge in [-0.05, 0) is 46.6 Å². The molecular formula is C13H10Br2N2O. The average Bonchev–Trinajstić information content (AvgIpc) is 2.34. The van der Waals surface area contributed by atoms with Gasteiger partial charge in [0.05, 0.1) is 5.56 Å². The summed E-state index contributed by atoms with van der Waals surface area (Å²) in [6, 6.07) is 7.48. The standard InChI is InChI=1S/C13H10Br2N2O/c1-8-2-3-10(14)5-12(8)17-13(18)9-4-11(15)7-16-6-9/h2-7H,1H3,(H,17,18). The van der Waals surface area contributed by atoms with Gasteiger partial charge in [-0.25, -0.2) is 0 Å². The minimum absolute atomic E-state index is 0.176. The first-order valence-electron chi connectivity index (χ1n) is 5.24. The van der Waals surface area contributed by atoms with Crippen LogP contribution in [0.2, 0.25) is 0 Å². The number of aryl methyl sites for hydroxylation is 1. The second-order valence-corrected chi connectivity index (χ2v) is 5.64. The van der Waals surface area contributed by atoms with E-state index in [2.05, 4.69) is 42.2 Å². The van der Waals surface area contributed by atoms with Gasteiger partial charge in [0.25, 0.3) is 5.91 Å². The van der Waals surface area contributed by atoms with Crippen LogP contribution in [0.15, 0.2) is 45.6 Å². The highest BCUT2D eigenvalue weighted by atomic mass is 79.9. The summed E-state index contributed by atoms with van der Waals surface area (Å²) in [7, 11) is 0. The lowest BCUT2D eigenvalue weighted by Gasteiger charge is -2.08. The van der Waals surface area contributed by atoms with Crippen LogP contribution in [0.25, 0.3) is 0 Å². The van der Waals surface area contributed by atoms with Gasteiger partial charge in [-0.15, -0.1) is 0 Å². The predicted octanol–water partition coefficient (Wildman–Crippen LogP) is 4.17. The molecule has 0 bridgehead atoms. The zero-order valence-corrected chi connectivity index (χ0v) is 12.7. The van der Waals surface area contributed by atoms with Gasteiger partial charge in [0.1, 0.15) is 0 Å². The number of amides is 1. The van der Waals surface area contributed by atoms with E-state index in [4.69, 9.17) is 0 Å². The molecule has 1 aromatic heterocycles. The first-order valence-corrected chi connectivity index (χ1v) is 6.83. The van der Waals surface area contributed by atoms with Crippen molar-refractivity contribution < 1.29 is 4.79 Å². The Morgan fingerprint density at radius 2 is 1.94 bits per heavy atom. The lowest BCUT2D eigenvalue weighted by molar-refractivity contribution is 0.102. The van der Waals surface area contributed by atoms with Gasteiger partial charge in [-0.3, -0.25) is 9.78 Å². The molecule has 0 radical (unpaired) electrons. The van der Waals surface area contributed by atoms with Crippen molar-refractivity contribution in [2.45, 2.75) is 6.92 Å². The number of nitrogens with one attached hydrogen (secondary N) is 1. The van der Waals surface area contributed by atoms with Crippen LogP contribution >= 0.6 is 31.9 Å². The SMILES string of the molecule is Cc1ccc(Br)cc1NC(=O)c1cncc(Br)c1. The molecule has 0 aliphatic heterocycles. The molecule has 0 saturated heterocycles. The summed E-state index contributed by atoms with van der Waals surface area (Å²) in [5, 5.41) is 2.86. The van der Waals surface area contributed by atoms with Crippen LogP contribution in [0.3, 0.4) is 0 Å². The van der Waals surface area contributed by atoms with Crippen LogP contribution in [0.4, 0.5) is 5.69 Å². The molecule has 1 amide bonds. The van der Waals surface area contributed by atoms with E-state index >= 15 is 0 Å². The Labute approximate surface area is 122 Å². The number of aromatic nitrogens is 1. The monoisotopic (exact) mass is 368 g/mol. The lowest BCUT2D eigenvalue weighted by atomic mass is 10.2. The number of rotatable bonds is 2. The second-order valence-electron chi connectivity index (χ2n) is 3.81. The molecule has 18 heavy (non-hydrogen) atoms. The van der Waals surface area contributed by atoms with Gasteiger partial charge >= 0.3 is 0 Å². The molecule has 92 valence electrons. The summed E-state index contributed by atoms with van der Waals surface area (Å²) in [5.41, 5.74) is 2.31. The largest absolute Gasteiger partial charge is 0.322 e. The summed E-state index contributed by atoms with van der Waals surface area (Å²) in [4.78, 5) is 16.0. The van der Waals surface area contributed by atoms with Gasteiger partial charge in [-0.1, -0.05) is 22.0 Å². The number of benzene rings is 1. The maximum Gasteiger partial charge on any atom is 0.257 e. The predicted molar refractivity (Wildman–Crippen MR) is 78.8 cm³/mol. The molecule has 0 unspecified atom stereocenters. The highest BCUT2D eigenvalue weighted by Crippen LogP contribution is 2.21. The number of pyridine rings is 1. The Kier molecular flexibility index (Phi) is 4.14. The number of anilines is 1. The second kappa shape index (κ2) is 5.63. The average molecular weight is 370 g/mol. The van der Waals surface area contributed by atoms with Crippen molar-refractivity contribution in [3.05, 3.63) is 56.7 Å². The van der Waals surface area contributed by atoms with Gasteiger partial charge in [0, 0.05) is 27.0 Å². The lowest BCUT2D eigenvalue weighted by Crippen LogP contribution is -2.13. The van der Waals surface area contributed by atoms with Crippen molar-refractivity contribution in [2.75, 3.05) is 5.32 Å². The fourth-order valence-electron chi connectivity index (χ4n) is 1.46. The van der Waals surface area contributed by atoms with Crippen LogP contribution in [0.1, 0.15) is 15.9 Å². The Hall–Kier alpha value is -1.20. The minimum Gasteiger partial charge on any atom is -0.322 e. The Morgan fingerprint density at radius 1 is 1.17 bits per heavy atom. The third-order valence-corrected chi connectivity index (χ3v) is 3.34. The molecular weight excluding hydrogens is 360 g/mol. The van der Waals surface area contributed by atoms with Gasteiger partial charge < -0.3 is 5.32 Å². The van der Waals surface area contributed by atoms with Crippen LogP contribution in [0, 0.1) is 6.92 Å². The van der Waals surface area contributed by atoms with Gasteiger partial charge in [0.2, 0.25) is 0 Å². The zero-order valence-electron chi connectivity index (χ0n) is 9.58. The minimum atomic E-state index is -0.176. The highest BCUT2D eigenvalue weighted by Gasteiger charge is 2.08. The van der Waals surface area contributed by atoms with Crippen molar-refractivity contribution in [1.82, 2.24) is 4.98 Å². The van der Waals surface area contributed by atoms with Crippen molar-refractivity contribution in [3.63, 3.8) is 0 Å². The summed E-state index contributed by atoms with van der Waals surface area (Å²) in [5.74, 6) is -0.176. The number of hydrogen-bond acceptors (Lipinski definition) is 2. The van der Waals surface area contributed by atoms with E-state index in [0.29, 0.717) is 5.56 Å². The summed E-state index contributed by atoms with van der Waals surface area (Å²) < 4.78 is 1.71. The van der Waals surface area contributed by atoms with Crippen LogP contribution in [-0.4, -0.2) is 10.9 Å². The summed E-state index contributed by atoms with van der Waals surface area (Å²) >= 11 is 6.67. The van der Waals surface area contributed by atoms with Crippen molar-refractivity contribution in [3.8, 4) is 0 Å². The Bertz CT molecular complexity index is 599. The van der Waals surface area contributed by atoms with E-state index in [1.54, 1.807) is 12.3 Å². The molecule has 0 aliphatic rings. The molecule has 0 spiro atoms. The van der Waals surface area contributed by atoms with Crippen molar-refractivity contribution in [2.24, 2.45) is 0 Å². The quantitative estimate of drug-likeness (QED) is 0.863. The molecule has 0 fully saturated rings. The van der Waals surface area contributed by atoms with Gasteiger partial charge in [0.15, 0.2) is 0 Å². The third-order valence-electron chi connectivity index (χ3n) is 2.41. The summed E-state index contributed by atoms with van der Waals surface area (Å²) in [6.07, 6.45) is 3.18. The first-order chi connectivity index (χ1) is 8.56. The van der Waals surface area contributed by atoms with E-state index in [0.717, 1.165) is 20.2 Å². The fraction of sp³-hybridized carbons (Fsp3) is 0.0769. The number of carbonyl (C=O) groups excluding carboxylic acids is 1. The Balaban J connectivity index is 2.24. The van der Waals surface area contributed by atoms with Crippen LogP contribution in [0.5, 0.6) is 0 Å². The van der Waals surface area contributed by atoms with E-state index in [9.17, 15) is 4.79 Å². The molecule has 0 saturated carbocycles. The third kappa shape index (κ3) is 3.17. The highest BCUT2D eigenvalue weighted by molar-refractivity contribution is 9.10. The molecule has 1 aromatic carbocycles. The molecule has 1 N–H and O–H groups in total. The van der Waals surface area contributed by atoms with Crippen molar-refractivity contribution in [1.29, 1.82) is 0 Å².